The maximum atomic E-state index is 13.5. The Labute approximate surface area is 110 Å². The number of hydrogen-bond donors (Lipinski definition) is 2. The van der Waals surface area contributed by atoms with E-state index >= 15 is 0 Å². The Bertz CT molecular complexity index is 386. The first kappa shape index (κ1) is 12.8. The van der Waals surface area contributed by atoms with E-state index in [2.05, 4.69) is 38.5 Å². The Kier molecular flexibility index (Phi) is 4.36. The summed E-state index contributed by atoms with van der Waals surface area (Å²) >= 11 is 3.34. The van der Waals surface area contributed by atoms with Crippen LogP contribution in [0.15, 0.2) is 22.7 Å². The van der Waals surface area contributed by atoms with Gasteiger partial charge in [-0.05, 0) is 25.2 Å². The summed E-state index contributed by atoms with van der Waals surface area (Å²) in [7, 11) is 2.10. The van der Waals surface area contributed by atoms with Gasteiger partial charge in [0.1, 0.15) is 5.82 Å². The molecule has 94 valence electrons. The van der Waals surface area contributed by atoms with Crippen LogP contribution in [-0.4, -0.2) is 44.2 Å². The van der Waals surface area contributed by atoms with Crippen LogP contribution >= 0.6 is 15.9 Å². The fourth-order valence-electron chi connectivity index (χ4n) is 1.99. The molecule has 1 heterocycles. The van der Waals surface area contributed by atoms with Gasteiger partial charge in [0.05, 0.1) is 5.69 Å². The molecule has 0 saturated carbocycles. The second-order valence-electron chi connectivity index (χ2n) is 4.42. The molecule has 0 spiro atoms. The predicted octanol–water partition coefficient (Wildman–Crippen LogP) is 1.90. The highest BCUT2D eigenvalue weighted by atomic mass is 79.9. The zero-order chi connectivity index (χ0) is 12.3. The molecule has 1 aromatic rings. The van der Waals surface area contributed by atoms with Gasteiger partial charge in [0.15, 0.2) is 0 Å². The molecule has 0 amide bonds. The Morgan fingerprint density at radius 1 is 1.59 bits per heavy atom. The third kappa shape index (κ3) is 3.66. The molecule has 1 atom stereocenters. The van der Waals surface area contributed by atoms with Crippen molar-refractivity contribution in [2.45, 2.75) is 6.04 Å². The summed E-state index contributed by atoms with van der Waals surface area (Å²) in [6.45, 7) is 3.78. The smallest absolute Gasteiger partial charge is 0.146 e. The summed E-state index contributed by atoms with van der Waals surface area (Å²) in [5.41, 5.74) is 0.550. The molecule has 1 fully saturated rings. The minimum absolute atomic E-state index is 0.211. The van der Waals surface area contributed by atoms with E-state index in [-0.39, 0.29) is 5.82 Å². The van der Waals surface area contributed by atoms with Crippen molar-refractivity contribution in [3.8, 4) is 0 Å². The van der Waals surface area contributed by atoms with Crippen molar-refractivity contribution in [3.63, 3.8) is 0 Å². The standard InChI is InChI=1S/C12H17BrFN3/c1-17-5-4-15-10(8-17)7-16-12-6-9(13)2-3-11(12)14/h2-3,6,10,15-16H,4-5,7-8H2,1H3. The molecular formula is C12H17BrFN3. The van der Waals surface area contributed by atoms with Crippen molar-refractivity contribution in [2.75, 3.05) is 38.5 Å². The monoisotopic (exact) mass is 301 g/mol. The van der Waals surface area contributed by atoms with Gasteiger partial charge in [-0.3, -0.25) is 0 Å². The number of nitrogens with zero attached hydrogens (tertiary/aromatic N) is 1. The second-order valence-corrected chi connectivity index (χ2v) is 5.33. The summed E-state index contributed by atoms with van der Waals surface area (Å²) < 4.78 is 14.4. The van der Waals surface area contributed by atoms with Crippen LogP contribution in [-0.2, 0) is 0 Å². The van der Waals surface area contributed by atoms with Gasteiger partial charge >= 0.3 is 0 Å². The third-order valence-corrected chi connectivity index (χ3v) is 3.42. The van der Waals surface area contributed by atoms with E-state index in [1.807, 2.05) is 0 Å². The molecule has 1 aliphatic rings. The number of piperazine rings is 1. The van der Waals surface area contributed by atoms with E-state index in [0.717, 1.165) is 30.7 Å². The minimum Gasteiger partial charge on any atom is -0.381 e. The molecule has 1 aromatic carbocycles. The molecule has 17 heavy (non-hydrogen) atoms. The Morgan fingerprint density at radius 2 is 2.41 bits per heavy atom. The van der Waals surface area contributed by atoms with Crippen molar-refractivity contribution in [3.05, 3.63) is 28.5 Å². The number of nitrogens with one attached hydrogen (secondary N) is 2. The van der Waals surface area contributed by atoms with Crippen molar-refractivity contribution in [1.29, 1.82) is 0 Å². The number of likely N-dealkylation sites (N-methyl/N-ethyl adjacent to an activating group) is 1. The zero-order valence-corrected chi connectivity index (χ0v) is 11.4. The third-order valence-electron chi connectivity index (χ3n) is 2.93. The average molecular weight is 302 g/mol. The van der Waals surface area contributed by atoms with Crippen LogP contribution < -0.4 is 10.6 Å². The molecule has 0 aromatic heterocycles. The summed E-state index contributed by atoms with van der Waals surface area (Å²) in [5, 5.41) is 6.57. The fourth-order valence-corrected chi connectivity index (χ4v) is 2.36. The van der Waals surface area contributed by atoms with Crippen molar-refractivity contribution in [2.24, 2.45) is 0 Å². The summed E-state index contributed by atoms with van der Waals surface area (Å²) in [6.07, 6.45) is 0. The quantitative estimate of drug-likeness (QED) is 0.893. The van der Waals surface area contributed by atoms with Gasteiger partial charge in [-0.25, -0.2) is 4.39 Å². The first-order valence-corrected chi connectivity index (χ1v) is 6.55. The van der Waals surface area contributed by atoms with Gasteiger partial charge in [0, 0.05) is 36.7 Å². The van der Waals surface area contributed by atoms with Crippen LogP contribution in [0.2, 0.25) is 0 Å². The first-order chi connectivity index (χ1) is 8.15. The number of rotatable bonds is 3. The lowest BCUT2D eigenvalue weighted by molar-refractivity contribution is 0.244. The normalized spacial score (nSPS) is 21.5. The molecule has 5 heteroatoms. The van der Waals surface area contributed by atoms with E-state index in [1.54, 1.807) is 12.1 Å². The van der Waals surface area contributed by atoms with Gasteiger partial charge in [0.2, 0.25) is 0 Å². The van der Waals surface area contributed by atoms with E-state index in [1.165, 1.54) is 6.07 Å². The van der Waals surface area contributed by atoms with Crippen LogP contribution in [0.4, 0.5) is 10.1 Å². The van der Waals surface area contributed by atoms with E-state index in [0.29, 0.717) is 11.7 Å². The molecule has 2 N–H and O–H groups in total. The van der Waals surface area contributed by atoms with Gasteiger partial charge in [0.25, 0.3) is 0 Å². The number of benzene rings is 1. The fraction of sp³-hybridized carbons (Fsp3) is 0.500. The maximum absolute atomic E-state index is 13.5. The highest BCUT2D eigenvalue weighted by Gasteiger charge is 2.16. The largest absolute Gasteiger partial charge is 0.381 e. The Hall–Kier alpha value is -0.650. The van der Waals surface area contributed by atoms with Gasteiger partial charge < -0.3 is 15.5 Å². The Morgan fingerprint density at radius 3 is 3.18 bits per heavy atom. The van der Waals surface area contributed by atoms with Gasteiger partial charge in [-0.2, -0.15) is 0 Å². The molecule has 0 radical (unpaired) electrons. The molecular weight excluding hydrogens is 285 g/mol. The molecule has 1 unspecified atom stereocenters. The molecule has 2 rings (SSSR count). The number of anilines is 1. The lowest BCUT2D eigenvalue weighted by Crippen LogP contribution is -2.51. The van der Waals surface area contributed by atoms with Crippen LogP contribution in [0, 0.1) is 5.82 Å². The zero-order valence-electron chi connectivity index (χ0n) is 9.84. The molecule has 1 saturated heterocycles. The lowest BCUT2D eigenvalue weighted by atomic mass is 10.2. The molecule has 0 aliphatic carbocycles. The number of halogens is 2. The minimum atomic E-state index is -0.211. The van der Waals surface area contributed by atoms with Crippen molar-refractivity contribution < 1.29 is 4.39 Å². The lowest BCUT2D eigenvalue weighted by Gasteiger charge is -2.31. The topological polar surface area (TPSA) is 27.3 Å². The highest BCUT2D eigenvalue weighted by molar-refractivity contribution is 9.10. The average Bonchev–Trinajstić information content (AvgIpc) is 2.30. The second kappa shape index (κ2) is 5.80. The van der Waals surface area contributed by atoms with E-state index < -0.39 is 0 Å². The number of hydrogen-bond acceptors (Lipinski definition) is 3. The van der Waals surface area contributed by atoms with Crippen LogP contribution in [0.1, 0.15) is 0 Å². The van der Waals surface area contributed by atoms with Crippen LogP contribution in [0.3, 0.4) is 0 Å². The molecule has 3 nitrogen and oxygen atoms in total. The molecule has 0 bridgehead atoms. The van der Waals surface area contributed by atoms with Crippen molar-refractivity contribution in [1.82, 2.24) is 10.2 Å². The first-order valence-electron chi connectivity index (χ1n) is 5.76. The van der Waals surface area contributed by atoms with Gasteiger partial charge in [-0.15, -0.1) is 0 Å². The summed E-state index contributed by atoms with van der Waals surface area (Å²) in [4.78, 5) is 2.28. The van der Waals surface area contributed by atoms with Crippen molar-refractivity contribution >= 4 is 21.6 Å². The van der Waals surface area contributed by atoms with E-state index in [9.17, 15) is 4.39 Å². The predicted molar refractivity (Wildman–Crippen MR) is 71.9 cm³/mol. The summed E-state index contributed by atoms with van der Waals surface area (Å²) in [5.74, 6) is -0.211. The maximum Gasteiger partial charge on any atom is 0.146 e. The van der Waals surface area contributed by atoms with Crippen LogP contribution in [0.5, 0.6) is 0 Å². The van der Waals surface area contributed by atoms with Crippen LogP contribution in [0.25, 0.3) is 0 Å². The summed E-state index contributed by atoms with van der Waals surface area (Å²) in [6, 6.07) is 5.30. The SMILES string of the molecule is CN1CCNC(CNc2cc(Br)ccc2F)C1. The highest BCUT2D eigenvalue weighted by Crippen LogP contribution is 2.19. The molecule has 1 aliphatic heterocycles. The Balaban J connectivity index is 1.90. The van der Waals surface area contributed by atoms with Gasteiger partial charge in [-0.1, -0.05) is 15.9 Å². The van der Waals surface area contributed by atoms with E-state index in [4.69, 9.17) is 0 Å².